The average Bonchev–Trinajstić information content (AvgIpc) is 3.82. The summed E-state index contributed by atoms with van der Waals surface area (Å²) in [7, 11) is 1.65. The van der Waals surface area contributed by atoms with Crippen LogP contribution in [0.15, 0.2) is 41.2 Å². The van der Waals surface area contributed by atoms with Gasteiger partial charge in [-0.2, -0.15) is 0 Å². The minimum Gasteiger partial charge on any atom is -0.491 e. The molecule has 0 radical (unpaired) electrons. The third kappa shape index (κ3) is 5.80. The van der Waals surface area contributed by atoms with Crippen LogP contribution in [0.3, 0.4) is 0 Å². The molecule has 4 saturated carbocycles. The number of benzene rings is 1. The topological polar surface area (TPSA) is 117 Å². The highest BCUT2D eigenvalue weighted by Gasteiger charge is 2.51. The van der Waals surface area contributed by atoms with E-state index in [4.69, 9.17) is 46.9 Å². The van der Waals surface area contributed by atoms with E-state index in [1.54, 1.807) is 31.6 Å². The zero-order valence-electron chi connectivity index (χ0n) is 25.1. The lowest BCUT2D eigenvalue weighted by Crippen LogP contribution is -2.50. The minimum absolute atomic E-state index is 0.0578. The summed E-state index contributed by atoms with van der Waals surface area (Å²) in [6, 6.07) is 7.29. The highest BCUT2D eigenvalue weighted by molar-refractivity contribution is 6.38. The molecule has 3 aromatic heterocycles. The number of aromatic nitrogens is 3. The summed E-state index contributed by atoms with van der Waals surface area (Å²) in [4.78, 5) is 21.0. The fourth-order valence-corrected chi connectivity index (χ4v) is 7.60. The largest absolute Gasteiger partial charge is 0.491 e. The number of methoxy groups -OCH3 is 1. The molecule has 0 amide bonds. The Morgan fingerprint density at radius 1 is 1.04 bits per heavy atom. The van der Waals surface area contributed by atoms with Gasteiger partial charge < -0.3 is 23.8 Å². The second-order valence-corrected chi connectivity index (χ2v) is 13.4. The van der Waals surface area contributed by atoms with E-state index in [2.05, 4.69) is 16.2 Å². The molecule has 0 saturated heterocycles. The lowest BCUT2D eigenvalue weighted by Gasteiger charge is -2.52. The molecule has 45 heavy (non-hydrogen) atoms. The monoisotopic (exact) mass is 651 g/mol. The molecular formula is C34H35Cl2N3O6. The molecule has 236 valence electrons. The van der Waals surface area contributed by atoms with E-state index in [0.29, 0.717) is 64.7 Å². The van der Waals surface area contributed by atoms with Crippen molar-refractivity contribution in [2.45, 2.75) is 81.3 Å². The van der Waals surface area contributed by atoms with Gasteiger partial charge in [0, 0.05) is 66.1 Å². The predicted octanol–water partition coefficient (Wildman–Crippen LogP) is 8.14. The van der Waals surface area contributed by atoms with Gasteiger partial charge in [0.2, 0.25) is 0 Å². The summed E-state index contributed by atoms with van der Waals surface area (Å²) >= 11 is 13.0. The number of nitrogens with zero attached hydrogens (tertiary/aromatic N) is 3. The predicted molar refractivity (Wildman–Crippen MR) is 169 cm³/mol. The van der Waals surface area contributed by atoms with Crippen LogP contribution in [0.1, 0.15) is 91.1 Å². The molecule has 0 unspecified atom stereocenters. The Hall–Kier alpha value is -3.24. The van der Waals surface area contributed by atoms with Crippen molar-refractivity contribution in [3.05, 3.63) is 69.3 Å². The van der Waals surface area contributed by atoms with Gasteiger partial charge in [0.1, 0.15) is 22.7 Å². The first-order chi connectivity index (χ1) is 21.8. The quantitative estimate of drug-likeness (QED) is 0.151. The number of carboxylic acids is 1. The molecule has 4 aliphatic carbocycles. The summed E-state index contributed by atoms with van der Waals surface area (Å²) in [6.45, 7) is 1.36. The van der Waals surface area contributed by atoms with Crippen molar-refractivity contribution in [1.29, 1.82) is 0 Å². The summed E-state index contributed by atoms with van der Waals surface area (Å²) in [5, 5.41) is 15.7. The molecule has 3 heterocycles. The van der Waals surface area contributed by atoms with Crippen molar-refractivity contribution in [1.82, 2.24) is 15.1 Å². The molecule has 8 rings (SSSR count). The average molecular weight is 653 g/mol. The van der Waals surface area contributed by atoms with Crippen molar-refractivity contribution in [3.8, 4) is 17.0 Å². The third-order valence-electron chi connectivity index (χ3n) is 9.86. The number of halogens is 2. The van der Waals surface area contributed by atoms with E-state index in [1.807, 2.05) is 6.07 Å². The number of carbonyl (C=O) groups is 1. The van der Waals surface area contributed by atoms with Crippen LogP contribution in [0.2, 0.25) is 10.0 Å². The van der Waals surface area contributed by atoms with Gasteiger partial charge in [0.15, 0.2) is 0 Å². The van der Waals surface area contributed by atoms with Crippen LogP contribution in [-0.2, 0) is 21.5 Å². The Balaban J connectivity index is 1.11. The van der Waals surface area contributed by atoms with Crippen LogP contribution in [-0.4, -0.2) is 52.1 Å². The molecule has 11 heteroatoms. The van der Waals surface area contributed by atoms with E-state index in [0.717, 1.165) is 73.8 Å². The van der Waals surface area contributed by atoms with Gasteiger partial charge in [-0.1, -0.05) is 34.4 Å². The van der Waals surface area contributed by atoms with E-state index < -0.39 is 5.97 Å². The fraction of sp³-hybridized carbons (Fsp3) is 0.471. The number of hydrogen-bond donors (Lipinski definition) is 1. The maximum absolute atomic E-state index is 11.8. The summed E-state index contributed by atoms with van der Waals surface area (Å²) in [5.74, 6) is 0.727. The second-order valence-electron chi connectivity index (χ2n) is 12.6. The van der Waals surface area contributed by atoms with Gasteiger partial charge in [-0.15, -0.1) is 0 Å². The van der Waals surface area contributed by atoms with Crippen molar-refractivity contribution in [2.24, 2.45) is 0 Å². The Labute approximate surface area is 271 Å². The van der Waals surface area contributed by atoms with Crippen molar-refractivity contribution >= 4 is 40.1 Å². The smallest absolute Gasteiger partial charge is 0.335 e. The Bertz CT molecular complexity index is 1710. The molecule has 1 aromatic carbocycles. The molecular weight excluding hydrogens is 617 g/mol. The number of rotatable bonds is 12. The van der Waals surface area contributed by atoms with Gasteiger partial charge in [0.25, 0.3) is 0 Å². The highest BCUT2D eigenvalue weighted by Crippen LogP contribution is 2.55. The first kappa shape index (κ1) is 30.4. The van der Waals surface area contributed by atoms with Crippen LogP contribution in [0, 0.1) is 0 Å². The first-order valence-corrected chi connectivity index (χ1v) is 16.3. The van der Waals surface area contributed by atoms with Crippen molar-refractivity contribution in [2.75, 3.05) is 20.3 Å². The van der Waals surface area contributed by atoms with Crippen molar-refractivity contribution in [3.63, 3.8) is 0 Å². The molecule has 1 N–H and O–H groups in total. The third-order valence-corrected chi connectivity index (χ3v) is 10.4. The lowest BCUT2D eigenvalue weighted by molar-refractivity contribution is -0.127. The molecule has 4 fully saturated rings. The van der Waals surface area contributed by atoms with Crippen LogP contribution in [0.4, 0.5) is 0 Å². The molecule has 4 aliphatic rings. The van der Waals surface area contributed by atoms with E-state index in [9.17, 15) is 9.90 Å². The maximum atomic E-state index is 11.8. The van der Waals surface area contributed by atoms with Gasteiger partial charge in [-0.05, 0) is 69.6 Å². The molecule has 2 bridgehead atoms. The first-order valence-electron chi connectivity index (χ1n) is 15.5. The number of ether oxygens (including phenoxy) is 3. The van der Waals surface area contributed by atoms with Gasteiger partial charge in [0.05, 0.1) is 34.4 Å². The Kier molecular flexibility index (Phi) is 8.23. The van der Waals surface area contributed by atoms with Crippen LogP contribution in [0.25, 0.3) is 22.2 Å². The Morgan fingerprint density at radius 2 is 1.78 bits per heavy atom. The van der Waals surface area contributed by atoms with Gasteiger partial charge >= 0.3 is 5.97 Å². The number of carboxylic acid groups (broad SMARTS) is 1. The molecule has 9 nitrogen and oxygen atoms in total. The van der Waals surface area contributed by atoms with Crippen LogP contribution in [0.5, 0.6) is 5.75 Å². The second kappa shape index (κ2) is 12.2. The lowest BCUT2D eigenvalue weighted by atomic mass is 9.57. The molecule has 4 aromatic rings. The van der Waals surface area contributed by atoms with Crippen LogP contribution < -0.4 is 4.74 Å². The molecule has 0 spiro atoms. The number of pyridine rings is 2. The van der Waals surface area contributed by atoms with Crippen molar-refractivity contribution < 1.29 is 28.6 Å². The normalized spacial score (nSPS) is 22.6. The standard InChI is InChI=1S/C34H35Cl2N3O6/c1-42-13-2-14-43-26-16-22(32(40)41)15-21-5-6-27(38-29(21)26)33-7-10-34(11-8-33,12-9-33)44-19-23-30(39-45-31(23)20-3-4-20)28-24(35)17-37-18-25(28)36/h5-6,15-18,20H,2-4,7-14,19H2,1H3,(H,40,41). The highest BCUT2D eigenvalue weighted by atomic mass is 35.5. The summed E-state index contributed by atoms with van der Waals surface area (Å²) in [5.41, 5.74) is 3.83. The molecule has 0 atom stereocenters. The zero-order chi connectivity index (χ0) is 31.2. The summed E-state index contributed by atoms with van der Waals surface area (Å²) in [6.07, 6.45) is 11.6. The minimum atomic E-state index is -0.994. The zero-order valence-corrected chi connectivity index (χ0v) is 26.6. The SMILES string of the molecule is COCCCOc1cc(C(=O)O)cc2ccc(C34CCC(OCc5c(-c6c(Cl)cncc6Cl)noc5C5CC5)(CC3)CC4)nc12. The van der Waals surface area contributed by atoms with E-state index in [-0.39, 0.29) is 16.6 Å². The molecule has 0 aliphatic heterocycles. The summed E-state index contributed by atoms with van der Waals surface area (Å²) < 4.78 is 23.9. The number of hydrogen-bond acceptors (Lipinski definition) is 8. The fourth-order valence-electron chi connectivity index (χ4n) is 7.06. The van der Waals surface area contributed by atoms with E-state index in [1.165, 1.54) is 0 Å². The van der Waals surface area contributed by atoms with E-state index >= 15 is 0 Å². The maximum Gasteiger partial charge on any atom is 0.335 e. The van der Waals surface area contributed by atoms with Gasteiger partial charge in [-0.3, -0.25) is 4.98 Å². The van der Waals surface area contributed by atoms with Gasteiger partial charge in [-0.25, -0.2) is 9.78 Å². The number of fused-ring (bicyclic) bond motifs is 4. The Morgan fingerprint density at radius 3 is 2.44 bits per heavy atom. The van der Waals surface area contributed by atoms with Crippen LogP contribution >= 0.6 is 23.2 Å². The number of aromatic carboxylic acids is 1.